The molecule has 130 valence electrons. The van der Waals surface area contributed by atoms with Crippen molar-refractivity contribution in [2.24, 2.45) is 5.41 Å². The van der Waals surface area contributed by atoms with Crippen LogP contribution in [0.25, 0.3) is 5.69 Å². The molecule has 1 aromatic carbocycles. The first kappa shape index (κ1) is 18.4. The molecule has 0 radical (unpaired) electrons. The van der Waals surface area contributed by atoms with Crippen LogP contribution in [0.15, 0.2) is 24.4 Å². The molecule has 2 N–H and O–H groups in total. The first-order valence-corrected chi connectivity index (χ1v) is 8.10. The first-order valence-electron chi connectivity index (χ1n) is 7.72. The second kappa shape index (κ2) is 7.72. The van der Waals surface area contributed by atoms with Gasteiger partial charge in [0, 0.05) is 13.1 Å². The van der Waals surface area contributed by atoms with Crippen LogP contribution in [-0.2, 0) is 11.3 Å². The highest BCUT2D eigenvalue weighted by Gasteiger charge is 2.34. The van der Waals surface area contributed by atoms with E-state index < -0.39 is 17.2 Å². The van der Waals surface area contributed by atoms with Crippen LogP contribution in [0.2, 0.25) is 5.02 Å². The number of carboxylic acid groups (broad SMARTS) is 1. The average molecular weight is 355 g/mol. The Kier molecular flexibility index (Phi) is 5.90. The molecule has 2 rings (SSSR count). The number of nitrogens with one attached hydrogen (secondary N) is 1. The molecule has 0 bridgehead atoms. The van der Waals surface area contributed by atoms with Gasteiger partial charge in [-0.2, -0.15) is 0 Å². The van der Waals surface area contributed by atoms with Crippen LogP contribution >= 0.6 is 11.6 Å². The van der Waals surface area contributed by atoms with Crippen molar-refractivity contribution >= 4 is 17.6 Å². The summed E-state index contributed by atoms with van der Waals surface area (Å²) in [6, 6.07) is 4.28. The lowest BCUT2D eigenvalue weighted by molar-refractivity contribution is -0.149. The number of hydrogen-bond acceptors (Lipinski definition) is 4. The largest absolute Gasteiger partial charge is 0.481 e. The Morgan fingerprint density at radius 2 is 2.12 bits per heavy atom. The van der Waals surface area contributed by atoms with E-state index in [1.807, 2.05) is 13.8 Å². The molecule has 0 aliphatic heterocycles. The van der Waals surface area contributed by atoms with Gasteiger partial charge in [-0.05, 0) is 31.0 Å². The first-order chi connectivity index (χ1) is 11.4. The maximum absolute atomic E-state index is 13.2. The molecule has 6 nitrogen and oxygen atoms in total. The summed E-state index contributed by atoms with van der Waals surface area (Å²) < 4.78 is 14.7. The van der Waals surface area contributed by atoms with Gasteiger partial charge in [0.2, 0.25) is 0 Å². The zero-order valence-corrected chi connectivity index (χ0v) is 14.3. The summed E-state index contributed by atoms with van der Waals surface area (Å²) >= 11 is 5.76. The molecule has 0 saturated carbocycles. The lowest BCUT2D eigenvalue weighted by Crippen LogP contribution is -2.40. The summed E-state index contributed by atoms with van der Waals surface area (Å²) in [6.45, 7) is 4.48. The van der Waals surface area contributed by atoms with Crippen molar-refractivity contribution in [2.75, 3.05) is 6.54 Å². The van der Waals surface area contributed by atoms with Crippen molar-refractivity contribution in [1.82, 2.24) is 20.3 Å². The Morgan fingerprint density at radius 1 is 1.42 bits per heavy atom. The van der Waals surface area contributed by atoms with Crippen molar-refractivity contribution in [3.8, 4) is 5.69 Å². The SMILES string of the molecule is CCC(CC)(CNCc1cn(-c2ccc(F)c(Cl)c2)nn1)C(=O)O. The topological polar surface area (TPSA) is 80.0 Å². The van der Waals surface area contributed by atoms with Gasteiger partial charge in [0.15, 0.2) is 0 Å². The zero-order valence-electron chi connectivity index (χ0n) is 13.6. The number of rotatable bonds is 8. The molecule has 1 aromatic heterocycles. The van der Waals surface area contributed by atoms with E-state index in [9.17, 15) is 14.3 Å². The van der Waals surface area contributed by atoms with Gasteiger partial charge in [-0.15, -0.1) is 5.10 Å². The lowest BCUT2D eigenvalue weighted by Gasteiger charge is -2.26. The smallest absolute Gasteiger partial charge is 0.310 e. The molecule has 0 aliphatic carbocycles. The van der Waals surface area contributed by atoms with Crippen molar-refractivity contribution in [1.29, 1.82) is 0 Å². The fourth-order valence-electron chi connectivity index (χ4n) is 2.44. The van der Waals surface area contributed by atoms with Crippen molar-refractivity contribution in [3.63, 3.8) is 0 Å². The Hall–Kier alpha value is -1.99. The van der Waals surface area contributed by atoms with Crippen LogP contribution in [0, 0.1) is 11.2 Å². The Bertz CT molecular complexity index is 716. The van der Waals surface area contributed by atoms with Crippen molar-refractivity contribution in [3.05, 3.63) is 40.9 Å². The van der Waals surface area contributed by atoms with Gasteiger partial charge in [0.25, 0.3) is 0 Å². The number of halogens is 2. The minimum atomic E-state index is -0.801. The molecule has 2 aromatic rings. The van der Waals surface area contributed by atoms with Crippen LogP contribution in [-0.4, -0.2) is 32.6 Å². The third-order valence-corrected chi connectivity index (χ3v) is 4.57. The highest BCUT2D eigenvalue weighted by atomic mass is 35.5. The maximum Gasteiger partial charge on any atom is 0.310 e. The van der Waals surface area contributed by atoms with E-state index in [0.717, 1.165) is 0 Å². The van der Waals surface area contributed by atoms with E-state index in [0.29, 0.717) is 37.3 Å². The fourth-order valence-corrected chi connectivity index (χ4v) is 2.62. The molecule has 0 atom stereocenters. The summed E-state index contributed by atoms with van der Waals surface area (Å²) in [5.41, 5.74) is 0.476. The molecule has 24 heavy (non-hydrogen) atoms. The number of aliphatic carboxylic acids is 1. The zero-order chi connectivity index (χ0) is 17.7. The van der Waals surface area contributed by atoms with Crippen LogP contribution < -0.4 is 5.32 Å². The fraction of sp³-hybridized carbons (Fsp3) is 0.438. The normalized spacial score (nSPS) is 11.7. The summed E-state index contributed by atoms with van der Waals surface area (Å²) in [5, 5.41) is 20.6. The second-order valence-corrected chi connectivity index (χ2v) is 6.06. The number of aromatic nitrogens is 3. The Balaban J connectivity index is 2.01. The highest BCUT2D eigenvalue weighted by Crippen LogP contribution is 2.25. The average Bonchev–Trinajstić information content (AvgIpc) is 3.03. The summed E-state index contributed by atoms with van der Waals surface area (Å²) in [4.78, 5) is 11.5. The molecule has 0 fully saturated rings. The van der Waals surface area contributed by atoms with Gasteiger partial charge in [0.05, 0.1) is 28.0 Å². The van der Waals surface area contributed by atoms with Gasteiger partial charge in [-0.3, -0.25) is 4.79 Å². The van der Waals surface area contributed by atoms with Crippen LogP contribution in [0.1, 0.15) is 32.4 Å². The second-order valence-electron chi connectivity index (χ2n) is 5.65. The van der Waals surface area contributed by atoms with Crippen molar-refractivity contribution < 1.29 is 14.3 Å². The Morgan fingerprint density at radius 3 is 2.71 bits per heavy atom. The predicted molar refractivity (Wildman–Crippen MR) is 88.7 cm³/mol. The van der Waals surface area contributed by atoms with Crippen LogP contribution in [0.4, 0.5) is 4.39 Å². The minimum absolute atomic E-state index is 0.0137. The van der Waals surface area contributed by atoms with E-state index >= 15 is 0 Å². The minimum Gasteiger partial charge on any atom is -0.481 e. The number of nitrogens with zero attached hydrogens (tertiary/aromatic N) is 3. The summed E-state index contributed by atoms with van der Waals surface area (Å²) in [6.07, 6.45) is 2.79. The molecule has 0 spiro atoms. The van der Waals surface area contributed by atoms with Gasteiger partial charge in [-0.25, -0.2) is 9.07 Å². The molecule has 0 saturated heterocycles. The number of hydrogen-bond donors (Lipinski definition) is 2. The van der Waals surface area contributed by atoms with E-state index in [4.69, 9.17) is 11.6 Å². The number of benzene rings is 1. The van der Waals surface area contributed by atoms with Crippen LogP contribution in [0.3, 0.4) is 0 Å². The number of carbonyl (C=O) groups is 1. The van der Waals surface area contributed by atoms with Gasteiger partial charge in [-0.1, -0.05) is 30.7 Å². The molecule has 1 heterocycles. The van der Waals surface area contributed by atoms with E-state index in [2.05, 4.69) is 15.6 Å². The molecular formula is C16H20ClFN4O2. The molecule has 0 aliphatic rings. The molecular weight excluding hydrogens is 335 g/mol. The number of carboxylic acids is 1. The van der Waals surface area contributed by atoms with Crippen LogP contribution in [0.5, 0.6) is 0 Å². The van der Waals surface area contributed by atoms with E-state index in [-0.39, 0.29) is 5.02 Å². The molecule has 0 amide bonds. The molecule has 8 heteroatoms. The predicted octanol–water partition coefficient (Wildman–Crippen LogP) is 3.04. The standard InChI is InChI=1S/C16H20ClFN4O2/c1-3-16(4-2,15(23)24)10-19-8-11-9-22(21-20-11)12-5-6-14(18)13(17)7-12/h5-7,9,19H,3-4,8,10H2,1-2H3,(H,23,24). The van der Waals surface area contributed by atoms with Crippen molar-refractivity contribution in [2.45, 2.75) is 33.2 Å². The highest BCUT2D eigenvalue weighted by molar-refractivity contribution is 6.30. The summed E-state index contributed by atoms with van der Waals surface area (Å²) in [7, 11) is 0. The van der Waals surface area contributed by atoms with E-state index in [1.165, 1.54) is 16.8 Å². The summed E-state index contributed by atoms with van der Waals surface area (Å²) in [5.74, 6) is -1.30. The maximum atomic E-state index is 13.2. The molecule has 0 unspecified atom stereocenters. The lowest BCUT2D eigenvalue weighted by atomic mass is 9.82. The third kappa shape index (κ3) is 3.91. The Labute approximate surface area is 144 Å². The van der Waals surface area contributed by atoms with Gasteiger partial charge >= 0.3 is 5.97 Å². The third-order valence-electron chi connectivity index (χ3n) is 4.29. The van der Waals surface area contributed by atoms with Gasteiger partial charge < -0.3 is 10.4 Å². The monoisotopic (exact) mass is 354 g/mol. The van der Waals surface area contributed by atoms with E-state index in [1.54, 1.807) is 12.3 Å². The quantitative estimate of drug-likeness (QED) is 0.761. The van der Waals surface area contributed by atoms with Gasteiger partial charge in [0.1, 0.15) is 5.82 Å².